The van der Waals surface area contributed by atoms with E-state index in [0.717, 1.165) is 27.8 Å². The van der Waals surface area contributed by atoms with E-state index in [1.54, 1.807) is 25.6 Å². The molecular weight excluding hydrogens is 392 g/mol. The van der Waals surface area contributed by atoms with Crippen LogP contribution in [0.5, 0.6) is 5.75 Å². The molecule has 1 atom stereocenters. The first-order valence-corrected chi connectivity index (χ1v) is 9.88. The Kier molecular flexibility index (Phi) is 4.63. The summed E-state index contributed by atoms with van der Waals surface area (Å²) in [4.78, 5) is 17.6. The molecule has 2 N–H and O–H groups in total. The molecule has 0 aliphatic carbocycles. The largest absolute Gasteiger partial charge is 0.497 e. The van der Waals surface area contributed by atoms with Crippen LogP contribution in [-0.4, -0.2) is 22.3 Å². The number of hydrogen-bond donors (Lipinski definition) is 2. The van der Waals surface area contributed by atoms with Gasteiger partial charge in [-0.3, -0.25) is 9.89 Å². The average Bonchev–Trinajstić information content (AvgIpc) is 3.27. The molecule has 5 rings (SSSR count). The van der Waals surface area contributed by atoms with Crippen LogP contribution in [0.25, 0.3) is 33.0 Å². The molecular formula is C24H20N4O3. The van der Waals surface area contributed by atoms with E-state index in [1.807, 2.05) is 49.4 Å². The summed E-state index contributed by atoms with van der Waals surface area (Å²) in [5.74, 6) is 1.38. The molecule has 7 heteroatoms. The number of aromatic amines is 1. The van der Waals surface area contributed by atoms with Gasteiger partial charge in [-0.05, 0) is 42.3 Å². The van der Waals surface area contributed by atoms with Crippen molar-refractivity contribution in [3.05, 3.63) is 83.0 Å². The van der Waals surface area contributed by atoms with E-state index in [1.165, 1.54) is 6.26 Å². The highest BCUT2D eigenvalue weighted by molar-refractivity contribution is 5.87. The number of ether oxygens (including phenoxy) is 1. The maximum atomic E-state index is 13.2. The van der Waals surface area contributed by atoms with E-state index in [2.05, 4.69) is 20.5 Å². The SMILES string of the molecule is COc1cccc([C@H](C)Nc2cc3c(=O)c(-c4ccc5cn[nH]c5c4)coc3cn2)c1. The van der Waals surface area contributed by atoms with Crippen LogP contribution in [0, 0.1) is 0 Å². The Bertz CT molecular complexity index is 1450. The van der Waals surface area contributed by atoms with Gasteiger partial charge in [-0.1, -0.05) is 24.3 Å². The number of rotatable bonds is 5. The molecule has 154 valence electrons. The quantitative estimate of drug-likeness (QED) is 0.426. The highest BCUT2D eigenvalue weighted by Gasteiger charge is 2.13. The zero-order chi connectivity index (χ0) is 21.4. The zero-order valence-electron chi connectivity index (χ0n) is 17.0. The van der Waals surface area contributed by atoms with Crippen molar-refractivity contribution in [3.63, 3.8) is 0 Å². The van der Waals surface area contributed by atoms with Crippen molar-refractivity contribution in [3.8, 4) is 16.9 Å². The molecule has 0 saturated heterocycles. The molecule has 0 fully saturated rings. The molecule has 0 aliphatic rings. The van der Waals surface area contributed by atoms with E-state index in [0.29, 0.717) is 22.4 Å². The molecule has 7 nitrogen and oxygen atoms in total. The smallest absolute Gasteiger partial charge is 0.200 e. The molecule has 3 aromatic heterocycles. The minimum atomic E-state index is -0.111. The van der Waals surface area contributed by atoms with Gasteiger partial charge in [0, 0.05) is 5.39 Å². The first-order valence-electron chi connectivity index (χ1n) is 9.88. The molecule has 0 amide bonds. The molecule has 31 heavy (non-hydrogen) atoms. The highest BCUT2D eigenvalue weighted by Crippen LogP contribution is 2.26. The fraction of sp³-hybridized carbons (Fsp3) is 0.125. The standard InChI is InChI=1S/C24H20N4O3/c1-14(15-4-3-5-18(8-15)30-2)27-23-10-19-22(12-25-23)31-13-20(24(19)29)16-6-7-17-11-26-28-21(17)9-16/h3-14H,1-2H3,(H,25,27)(H,26,28)/t14-/m0/s1. The summed E-state index contributed by atoms with van der Waals surface area (Å²) in [6.45, 7) is 2.03. The third kappa shape index (κ3) is 3.50. The normalized spacial score (nSPS) is 12.2. The maximum absolute atomic E-state index is 13.2. The number of hydrogen-bond acceptors (Lipinski definition) is 6. The number of fused-ring (bicyclic) bond motifs is 2. The van der Waals surface area contributed by atoms with Crippen LogP contribution in [0.1, 0.15) is 18.5 Å². The van der Waals surface area contributed by atoms with E-state index < -0.39 is 0 Å². The van der Waals surface area contributed by atoms with Crippen LogP contribution in [0.3, 0.4) is 0 Å². The van der Waals surface area contributed by atoms with Crippen LogP contribution >= 0.6 is 0 Å². The molecule has 3 heterocycles. The molecule has 0 aliphatic heterocycles. The lowest BCUT2D eigenvalue weighted by atomic mass is 10.0. The Balaban J connectivity index is 1.51. The molecule has 0 bridgehead atoms. The molecule has 5 aromatic rings. The summed E-state index contributed by atoms with van der Waals surface area (Å²) < 4.78 is 11.0. The first-order chi connectivity index (χ1) is 15.1. The monoisotopic (exact) mass is 412 g/mol. The van der Waals surface area contributed by atoms with Crippen molar-refractivity contribution in [2.45, 2.75) is 13.0 Å². The van der Waals surface area contributed by atoms with Gasteiger partial charge in [-0.2, -0.15) is 5.10 Å². The van der Waals surface area contributed by atoms with Gasteiger partial charge < -0.3 is 14.5 Å². The Morgan fingerprint density at radius 3 is 2.90 bits per heavy atom. The van der Waals surface area contributed by atoms with Gasteiger partial charge in [0.05, 0.1) is 42.0 Å². The summed E-state index contributed by atoms with van der Waals surface area (Å²) in [6, 6.07) is 15.2. The van der Waals surface area contributed by atoms with Crippen molar-refractivity contribution < 1.29 is 9.15 Å². The molecule has 0 spiro atoms. The van der Waals surface area contributed by atoms with Crippen molar-refractivity contribution in [1.29, 1.82) is 0 Å². The van der Waals surface area contributed by atoms with Crippen LogP contribution in [-0.2, 0) is 0 Å². The number of anilines is 1. The fourth-order valence-electron chi connectivity index (χ4n) is 3.63. The number of methoxy groups -OCH3 is 1. The van der Waals surface area contributed by atoms with Crippen molar-refractivity contribution in [2.75, 3.05) is 12.4 Å². The number of nitrogens with one attached hydrogen (secondary N) is 2. The minimum Gasteiger partial charge on any atom is -0.497 e. The van der Waals surface area contributed by atoms with E-state index >= 15 is 0 Å². The van der Waals surface area contributed by atoms with Crippen LogP contribution in [0.15, 0.2) is 76.4 Å². The van der Waals surface area contributed by atoms with Crippen LogP contribution in [0.4, 0.5) is 5.82 Å². The predicted octanol–water partition coefficient (Wildman–Crippen LogP) is 4.91. The predicted molar refractivity (Wildman–Crippen MR) is 120 cm³/mol. The Morgan fingerprint density at radius 1 is 1.13 bits per heavy atom. The molecule has 0 radical (unpaired) electrons. The van der Waals surface area contributed by atoms with Crippen molar-refractivity contribution in [2.24, 2.45) is 0 Å². The topological polar surface area (TPSA) is 93.0 Å². The number of benzene rings is 2. The lowest BCUT2D eigenvalue weighted by molar-refractivity contribution is 0.414. The summed E-state index contributed by atoms with van der Waals surface area (Å²) in [5, 5.41) is 11.8. The zero-order valence-corrected chi connectivity index (χ0v) is 17.0. The molecule has 0 unspecified atom stereocenters. The third-order valence-electron chi connectivity index (χ3n) is 5.37. The number of H-pyrrole nitrogens is 1. The van der Waals surface area contributed by atoms with Gasteiger partial charge in [0.25, 0.3) is 0 Å². The number of aromatic nitrogens is 3. The van der Waals surface area contributed by atoms with Gasteiger partial charge in [0.15, 0.2) is 5.58 Å². The number of nitrogens with zero attached hydrogens (tertiary/aromatic N) is 2. The van der Waals surface area contributed by atoms with Crippen molar-refractivity contribution >= 4 is 27.7 Å². The lowest BCUT2D eigenvalue weighted by Gasteiger charge is -2.16. The second-order valence-electron chi connectivity index (χ2n) is 7.36. The summed E-state index contributed by atoms with van der Waals surface area (Å²) in [6.07, 6.45) is 4.80. The Hall–Kier alpha value is -4.13. The Morgan fingerprint density at radius 2 is 2.03 bits per heavy atom. The van der Waals surface area contributed by atoms with Crippen LogP contribution < -0.4 is 15.5 Å². The average molecular weight is 412 g/mol. The second-order valence-corrected chi connectivity index (χ2v) is 7.36. The van der Waals surface area contributed by atoms with E-state index in [9.17, 15) is 4.79 Å². The Labute approximate surface area is 177 Å². The van der Waals surface area contributed by atoms with Gasteiger partial charge in [-0.25, -0.2) is 4.98 Å². The van der Waals surface area contributed by atoms with Crippen molar-refractivity contribution in [1.82, 2.24) is 15.2 Å². The summed E-state index contributed by atoms with van der Waals surface area (Å²) in [7, 11) is 1.64. The molecule has 2 aromatic carbocycles. The maximum Gasteiger partial charge on any atom is 0.200 e. The van der Waals surface area contributed by atoms with Gasteiger partial charge >= 0.3 is 0 Å². The second kappa shape index (κ2) is 7.60. The summed E-state index contributed by atoms with van der Waals surface area (Å²) in [5.41, 5.74) is 3.50. The minimum absolute atomic E-state index is 0.0296. The van der Waals surface area contributed by atoms with Gasteiger partial charge in [-0.15, -0.1) is 0 Å². The fourth-order valence-corrected chi connectivity index (χ4v) is 3.63. The van der Waals surface area contributed by atoms with E-state index in [-0.39, 0.29) is 11.5 Å². The lowest BCUT2D eigenvalue weighted by Crippen LogP contribution is -2.10. The first kappa shape index (κ1) is 18.9. The summed E-state index contributed by atoms with van der Waals surface area (Å²) >= 11 is 0. The highest BCUT2D eigenvalue weighted by atomic mass is 16.5. The van der Waals surface area contributed by atoms with Gasteiger partial charge in [0.1, 0.15) is 17.8 Å². The van der Waals surface area contributed by atoms with Gasteiger partial charge in [0.2, 0.25) is 5.43 Å². The molecule has 0 saturated carbocycles. The van der Waals surface area contributed by atoms with E-state index in [4.69, 9.17) is 9.15 Å². The third-order valence-corrected chi connectivity index (χ3v) is 5.37. The number of pyridine rings is 1. The van der Waals surface area contributed by atoms with Crippen LogP contribution in [0.2, 0.25) is 0 Å².